The minimum atomic E-state index is -0.598. The van der Waals surface area contributed by atoms with Crippen LogP contribution in [0.3, 0.4) is 0 Å². The van der Waals surface area contributed by atoms with Gasteiger partial charge in [0.25, 0.3) is 0 Å². The van der Waals surface area contributed by atoms with Gasteiger partial charge in [-0.25, -0.2) is 4.79 Å². The summed E-state index contributed by atoms with van der Waals surface area (Å²) in [7, 11) is 3.04. The highest BCUT2D eigenvalue weighted by Crippen LogP contribution is 2.37. The van der Waals surface area contributed by atoms with Crippen molar-refractivity contribution in [1.29, 1.82) is 0 Å². The summed E-state index contributed by atoms with van der Waals surface area (Å²) in [6, 6.07) is 11.8. The van der Waals surface area contributed by atoms with E-state index in [9.17, 15) is 9.59 Å². The second-order valence-corrected chi connectivity index (χ2v) is 6.08. The monoisotopic (exact) mass is 369 g/mol. The molecule has 7 heteroatoms. The summed E-state index contributed by atoms with van der Waals surface area (Å²) in [6.07, 6.45) is 0.477. The first-order chi connectivity index (χ1) is 13.1. The van der Waals surface area contributed by atoms with Crippen LogP contribution in [0.1, 0.15) is 12.5 Å². The average molecular weight is 369 g/mol. The van der Waals surface area contributed by atoms with Crippen molar-refractivity contribution in [3.05, 3.63) is 48.0 Å². The van der Waals surface area contributed by atoms with Crippen LogP contribution in [0.25, 0.3) is 0 Å². The molecule has 0 unspecified atom stereocenters. The van der Waals surface area contributed by atoms with Crippen molar-refractivity contribution in [2.24, 2.45) is 0 Å². The van der Waals surface area contributed by atoms with E-state index in [1.54, 1.807) is 18.2 Å². The zero-order valence-corrected chi connectivity index (χ0v) is 15.6. The van der Waals surface area contributed by atoms with E-state index in [2.05, 4.69) is 10.6 Å². The average Bonchev–Trinajstić information content (AvgIpc) is 3.07. The zero-order chi connectivity index (χ0) is 19.4. The zero-order valence-electron chi connectivity index (χ0n) is 15.6. The molecule has 7 nitrogen and oxygen atoms in total. The van der Waals surface area contributed by atoms with Gasteiger partial charge < -0.3 is 20.1 Å². The lowest BCUT2D eigenvalue weighted by molar-refractivity contribution is -0.122. The number of ether oxygens (including phenoxy) is 2. The van der Waals surface area contributed by atoms with Crippen molar-refractivity contribution >= 4 is 23.3 Å². The maximum atomic E-state index is 13.1. The molecule has 0 bridgehead atoms. The summed E-state index contributed by atoms with van der Waals surface area (Å²) in [4.78, 5) is 27.1. The summed E-state index contributed by atoms with van der Waals surface area (Å²) < 4.78 is 10.7. The first-order valence-electron chi connectivity index (χ1n) is 8.77. The Morgan fingerprint density at radius 2 is 1.89 bits per heavy atom. The normalized spacial score (nSPS) is 15.1. The molecule has 3 rings (SSSR count). The van der Waals surface area contributed by atoms with E-state index in [-0.39, 0.29) is 5.91 Å². The largest absolute Gasteiger partial charge is 0.493 e. The number of hydrogen-bond acceptors (Lipinski definition) is 4. The maximum Gasteiger partial charge on any atom is 0.327 e. The molecule has 0 fully saturated rings. The van der Waals surface area contributed by atoms with Gasteiger partial charge in [-0.05, 0) is 30.7 Å². The van der Waals surface area contributed by atoms with Crippen molar-refractivity contribution < 1.29 is 19.1 Å². The molecule has 142 valence electrons. The number of nitrogens with zero attached hydrogens (tertiary/aromatic N) is 1. The Morgan fingerprint density at radius 1 is 1.11 bits per heavy atom. The molecule has 0 aromatic heterocycles. The number of methoxy groups -OCH3 is 2. The standard InChI is InChI=1S/C20H23N3O4/c1-4-21-19(24)16-12-13-8-5-6-10-15(13)23(16)20(25)22-14-9-7-11-17(26-2)18(14)27-3/h5-11,16H,4,12H2,1-3H3,(H,21,24)(H,22,25)/t16-/m1/s1. The molecule has 2 aromatic rings. The number of hydrogen-bond donors (Lipinski definition) is 2. The Balaban J connectivity index is 1.93. The number of amides is 3. The van der Waals surface area contributed by atoms with Crippen molar-refractivity contribution in [1.82, 2.24) is 5.32 Å². The Bertz CT molecular complexity index is 853. The fourth-order valence-electron chi connectivity index (χ4n) is 3.30. The van der Waals surface area contributed by atoms with E-state index in [4.69, 9.17) is 9.47 Å². The summed E-state index contributed by atoms with van der Waals surface area (Å²) >= 11 is 0. The number of rotatable bonds is 5. The van der Waals surface area contributed by atoms with E-state index >= 15 is 0 Å². The lowest BCUT2D eigenvalue weighted by Gasteiger charge is -2.25. The molecule has 1 heterocycles. The first kappa shape index (κ1) is 18.6. The van der Waals surface area contributed by atoms with E-state index < -0.39 is 12.1 Å². The molecule has 2 aromatic carbocycles. The minimum absolute atomic E-state index is 0.179. The van der Waals surface area contributed by atoms with Gasteiger partial charge in [-0.2, -0.15) is 0 Å². The van der Waals surface area contributed by atoms with Gasteiger partial charge in [0, 0.05) is 18.7 Å². The third-order valence-corrected chi connectivity index (χ3v) is 4.49. The molecule has 0 spiro atoms. The smallest absolute Gasteiger partial charge is 0.327 e. The predicted octanol–water partition coefficient (Wildman–Crippen LogP) is 2.80. The van der Waals surface area contributed by atoms with Gasteiger partial charge in [0.15, 0.2) is 11.5 Å². The van der Waals surface area contributed by atoms with Gasteiger partial charge in [0.2, 0.25) is 5.91 Å². The van der Waals surface area contributed by atoms with Crippen LogP contribution in [0.5, 0.6) is 11.5 Å². The van der Waals surface area contributed by atoms with E-state index in [1.807, 2.05) is 31.2 Å². The van der Waals surface area contributed by atoms with E-state index in [0.29, 0.717) is 30.2 Å². The maximum absolute atomic E-state index is 13.1. The van der Waals surface area contributed by atoms with Crippen LogP contribution in [-0.4, -0.2) is 38.7 Å². The summed E-state index contributed by atoms with van der Waals surface area (Å²) in [5.74, 6) is 0.759. The molecule has 1 aliphatic rings. The molecule has 0 radical (unpaired) electrons. The third kappa shape index (κ3) is 3.53. The molecule has 0 aliphatic carbocycles. The number of benzene rings is 2. The lowest BCUT2D eigenvalue weighted by atomic mass is 10.1. The Hall–Kier alpha value is -3.22. The minimum Gasteiger partial charge on any atom is -0.493 e. The highest BCUT2D eigenvalue weighted by molar-refractivity contribution is 6.09. The topological polar surface area (TPSA) is 79.9 Å². The van der Waals surface area contributed by atoms with Crippen LogP contribution in [0.2, 0.25) is 0 Å². The molecule has 2 N–H and O–H groups in total. The number of para-hydroxylation sites is 2. The summed E-state index contributed by atoms with van der Waals surface area (Å²) in [5, 5.41) is 5.65. The molecular formula is C20H23N3O4. The predicted molar refractivity (Wildman–Crippen MR) is 104 cm³/mol. The number of carbonyl (C=O) groups is 2. The number of fused-ring (bicyclic) bond motifs is 1. The Morgan fingerprint density at radius 3 is 2.59 bits per heavy atom. The second-order valence-electron chi connectivity index (χ2n) is 6.08. The van der Waals surface area contributed by atoms with Gasteiger partial charge in [-0.3, -0.25) is 9.69 Å². The number of nitrogens with one attached hydrogen (secondary N) is 2. The second kappa shape index (κ2) is 7.99. The molecule has 0 saturated carbocycles. The van der Waals surface area contributed by atoms with Gasteiger partial charge in [0.1, 0.15) is 6.04 Å². The Labute approximate surface area is 158 Å². The van der Waals surface area contributed by atoms with Gasteiger partial charge in [-0.15, -0.1) is 0 Å². The third-order valence-electron chi connectivity index (χ3n) is 4.49. The van der Waals surface area contributed by atoms with Crippen molar-refractivity contribution in [2.45, 2.75) is 19.4 Å². The molecule has 0 saturated heterocycles. The van der Waals surface area contributed by atoms with Gasteiger partial charge >= 0.3 is 6.03 Å². The fraction of sp³-hybridized carbons (Fsp3) is 0.300. The molecule has 27 heavy (non-hydrogen) atoms. The molecule has 1 atom stereocenters. The molecular weight excluding hydrogens is 346 g/mol. The van der Waals surface area contributed by atoms with Crippen molar-refractivity contribution in [2.75, 3.05) is 31.0 Å². The van der Waals surface area contributed by atoms with Crippen molar-refractivity contribution in [3.63, 3.8) is 0 Å². The van der Waals surface area contributed by atoms with Crippen LogP contribution in [-0.2, 0) is 11.2 Å². The first-order valence-corrected chi connectivity index (χ1v) is 8.77. The SMILES string of the molecule is CCNC(=O)[C@H]1Cc2ccccc2N1C(=O)Nc1cccc(OC)c1OC. The lowest BCUT2D eigenvalue weighted by Crippen LogP contribution is -2.49. The van der Waals surface area contributed by atoms with Gasteiger partial charge in [-0.1, -0.05) is 24.3 Å². The Kier molecular flexibility index (Phi) is 5.49. The van der Waals surface area contributed by atoms with Gasteiger partial charge in [0.05, 0.1) is 19.9 Å². The summed E-state index contributed by atoms with van der Waals surface area (Å²) in [6.45, 7) is 2.36. The van der Waals surface area contributed by atoms with Crippen LogP contribution in [0.4, 0.5) is 16.2 Å². The molecule has 3 amide bonds. The van der Waals surface area contributed by atoms with Crippen LogP contribution >= 0.6 is 0 Å². The number of urea groups is 1. The quantitative estimate of drug-likeness (QED) is 0.849. The van der Waals surface area contributed by atoms with Crippen LogP contribution in [0.15, 0.2) is 42.5 Å². The highest BCUT2D eigenvalue weighted by Gasteiger charge is 2.38. The number of carbonyl (C=O) groups excluding carboxylic acids is 2. The van der Waals surface area contributed by atoms with Crippen molar-refractivity contribution in [3.8, 4) is 11.5 Å². The van der Waals surface area contributed by atoms with Crippen LogP contribution in [0, 0.1) is 0 Å². The van der Waals surface area contributed by atoms with E-state index in [1.165, 1.54) is 19.1 Å². The van der Waals surface area contributed by atoms with E-state index in [0.717, 1.165) is 11.3 Å². The van der Waals surface area contributed by atoms with Crippen LogP contribution < -0.4 is 25.0 Å². The molecule has 1 aliphatic heterocycles. The summed E-state index contributed by atoms with van der Waals surface area (Å²) in [5.41, 5.74) is 2.16. The number of likely N-dealkylation sites (N-methyl/N-ethyl adjacent to an activating group) is 1. The highest BCUT2D eigenvalue weighted by atomic mass is 16.5. The fourth-order valence-corrected chi connectivity index (χ4v) is 3.30. The number of anilines is 2.